The van der Waals surface area contributed by atoms with Crippen LogP contribution in [0.2, 0.25) is 0 Å². The number of hydrogen-bond acceptors (Lipinski definition) is 3. The summed E-state index contributed by atoms with van der Waals surface area (Å²) in [6.07, 6.45) is 0.858. The number of hydrogen-bond donors (Lipinski definition) is 0. The molecule has 1 atom stereocenters. The molecule has 1 unspecified atom stereocenters. The van der Waals surface area contributed by atoms with Gasteiger partial charge in [-0.25, -0.2) is 18.6 Å². The average molecular weight is 398 g/mol. The number of halogens is 2. The molecule has 0 spiro atoms. The van der Waals surface area contributed by atoms with Gasteiger partial charge in [-0.2, -0.15) is 0 Å². The Kier molecular flexibility index (Phi) is 3.81. The van der Waals surface area contributed by atoms with Gasteiger partial charge >= 0.3 is 5.69 Å². The van der Waals surface area contributed by atoms with E-state index in [1.165, 1.54) is 27.2 Å². The summed E-state index contributed by atoms with van der Waals surface area (Å²) in [6.45, 7) is 3.50. The number of imidazole rings is 1. The Morgan fingerprint density at radius 2 is 1.90 bits per heavy atom. The van der Waals surface area contributed by atoms with Crippen LogP contribution in [0.4, 0.5) is 8.78 Å². The highest BCUT2D eigenvalue weighted by Crippen LogP contribution is 2.61. The fourth-order valence-corrected chi connectivity index (χ4v) is 4.41. The Labute approximate surface area is 167 Å². The van der Waals surface area contributed by atoms with Crippen molar-refractivity contribution in [1.82, 2.24) is 19.0 Å². The molecule has 5 rings (SSSR count). The van der Waals surface area contributed by atoms with Gasteiger partial charge in [0.15, 0.2) is 5.65 Å². The lowest BCUT2D eigenvalue weighted by Crippen LogP contribution is -2.27. The molecule has 1 fully saturated rings. The van der Waals surface area contributed by atoms with Crippen molar-refractivity contribution >= 4 is 11.2 Å². The third-order valence-electron chi connectivity index (χ3n) is 6.56. The van der Waals surface area contributed by atoms with E-state index in [4.69, 9.17) is 4.98 Å². The first-order valence-corrected chi connectivity index (χ1v) is 9.93. The molecule has 5 nitrogen and oxygen atoms in total. The molecule has 1 aromatic carbocycles. The summed E-state index contributed by atoms with van der Waals surface area (Å²) in [4.78, 5) is 19.7. The van der Waals surface area contributed by atoms with Crippen LogP contribution in [0.25, 0.3) is 22.4 Å². The van der Waals surface area contributed by atoms with Crippen LogP contribution in [0.1, 0.15) is 24.5 Å². The van der Waals surface area contributed by atoms with Crippen molar-refractivity contribution in [3.63, 3.8) is 0 Å². The number of benzene rings is 1. The SMILES string of the molecule is CN1CCc2ccc(-c3ccc4c(n3)n(C)c(=O)n4CC3(C)CC3(F)F)cc2C1. The molecule has 2 aliphatic rings. The van der Waals surface area contributed by atoms with Crippen LogP contribution in [-0.2, 0) is 26.6 Å². The number of rotatable bonds is 3. The minimum atomic E-state index is -2.71. The molecule has 0 N–H and O–H groups in total. The lowest BCUT2D eigenvalue weighted by atomic mass is 9.96. The second kappa shape index (κ2) is 5.98. The van der Waals surface area contributed by atoms with Crippen molar-refractivity contribution in [2.75, 3.05) is 13.6 Å². The van der Waals surface area contributed by atoms with Gasteiger partial charge in [0, 0.05) is 38.7 Å². The molecule has 0 bridgehead atoms. The molecule has 0 amide bonds. The van der Waals surface area contributed by atoms with E-state index in [1.807, 2.05) is 12.1 Å². The van der Waals surface area contributed by atoms with Gasteiger partial charge in [-0.15, -0.1) is 0 Å². The fourth-order valence-electron chi connectivity index (χ4n) is 4.41. The predicted molar refractivity (Wildman–Crippen MR) is 108 cm³/mol. The number of aromatic nitrogens is 3. The summed E-state index contributed by atoms with van der Waals surface area (Å²) in [7, 11) is 3.76. The Morgan fingerprint density at radius 3 is 2.62 bits per heavy atom. The lowest BCUT2D eigenvalue weighted by molar-refractivity contribution is 0.0637. The molecule has 7 heteroatoms. The van der Waals surface area contributed by atoms with Crippen LogP contribution in [0.5, 0.6) is 0 Å². The van der Waals surface area contributed by atoms with Crippen LogP contribution in [0.15, 0.2) is 35.1 Å². The molecule has 29 heavy (non-hydrogen) atoms. The van der Waals surface area contributed by atoms with E-state index in [9.17, 15) is 13.6 Å². The maximum absolute atomic E-state index is 13.7. The molecule has 1 aliphatic heterocycles. The maximum atomic E-state index is 13.7. The Balaban J connectivity index is 1.56. The highest BCUT2D eigenvalue weighted by atomic mass is 19.3. The zero-order valence-electron chi connectivity index (χ0n) is 16.9. The quantitative estimate of drug-likeness (QED) is 0.679. The van der Waals surface area contributed by atoms with E-state index in [0.717, 1.165) is 30.8 Å². The minimum Gasteiger partial charge on any atom is -0.302 e. The van der Waals surface area contributed by atoms with E-state index < -0.39 is 11.3 Å². The molecular formula is C22H24F2N4O. The van der Waals surface area contributed by atoms with Crippen molar-refractivity contribution in [3.05, 3.63) is 51.9 Å². The van der Waals surface area contributed by atoms with Gasteiger partial charge in [-0.1, -0.05) is 19.1 Å². The van der Waals surface area contributed by atoms with Crippen LogP contribution < -0.4 is 5.69 Å². The Hall–Kier alpha value is -2.54. The van der Waals surface area contributed by atoms with Crippen molar-refractivity contribution < 1.29 is 8.78 Å². The molecule has 2 aromatic heterocycles. The van der Waals surface area contributed by atoms with Crippen molar-refractivity contribution in [3.8, 4) is 11.3 Å². The van der Waals surface area contributed by atoms with Crippen molar-refractivity contribution in [2.45, 2.75) is 38.8 Å². The number of alkyl halides is 2. The normalized spacial score (nSPS) is 23.3. The highest BCUT2D eigenvalue weighted by molar-refractivity contribution is 5.76. The van der Waals surface area contributed by atoms with Crippen LogP contribution in [0.3, 0.4) is 0 Å². The van der Waals surface area contributed by atoms with E-state index in [1.54, 1.807) is 7.05 Å². The third kappa shape index (κ3) is 2.82. The maximum Gasteiger partial charge on any atom is 0.330 e. The van der Waals surface area contributed by atoms with E-state index in [2.05, 4.69) is 30.1 Å². The Morgan fingerprint density at radius 1 is 1.14 bits per heavy atom. The van der Waals surface area contributed by atoms with E-state index in [0.29, 0.717) is 11.2 Å². The molecule has 1 saturated carbocycles. The first-order chi connectivity index (χ1) is 13.7. The van der Waals surface area contributed by atoms with Gasteiger partial charge in [0.25, 0.3) is 5.92 Å². The first kappa shape index (κ1) is 18.5. The van der Waals surface area contributed by atoms with Gasteiger partial charge in [0.05, 0.1) is 16.6 Å². The standard InChI is InChI=1S/C22H24F2N4O/c1-21(12-22(21,23)24)13-28-18-7-6-17(25-19(18)27(3)20(28)29)15-5-4-14-8-9-26(2)11-16(14)10-15/h4-7,10H,8-9,11-13H2,1-3H3. The lowest BCUT2D eigenvalue weighted by Gasteiger charge is -2.25. The van der Waals surface area contributed by atoms with Crippen LogP contribution in [0, 0.1) is 5.41 Å². The summed E-state index contributed by atoms with van der Waals surface area (Å²) >= 11 is 0. The zero-order valence-corrected chi connectivity index (χ0v) is 16.9. The van der Waals surface area contributed by atoms with Gasteiger partial charge in [0.1, 0.15) is 0 Å². The zero-order chi connectivity index (χ0) is 20.6. The second-order valence-corrected chi connectivity index (χ2v) is 8.88. The van der Waals surface area contributed by atoms with E-state index in [-0.39, 0.29) is 18.7 Å². The minimum absolute atomic E-state index is 0.00236. The number of nitrogens with zero attached hydrogens (tertiary/aromatic N) is 4. The largest absolute Gasteiger partial charge is 0.330 e. The number of fused-ring (bicyclic) bond motifs is 2. The number of pyridine rings is 1. The third-order valence-corrected chi connectivity index (χ3v) is 6.56. The molecule has 0 radical (unpaired) electrons. The summed E-state index contributed by atoms with van der Waals surface area (Å²) < 4.78 is 30.3. The average Bonchev–Trinajstić information content (AvgIpc) is 3.11. The molecule has 152 valence electrons. The summed E-state index contributed by atoms with van der Waals surface area (Å²) in [5, 5.41) is 0. The first-order valence-electron chi connectivity index (χ1n) is 9.93. The van der Waals surface area contributed by atoms with Crippen LogP contribution >= 0.6 is 0 Å². The summed E-state index contributed by atoms with van der Waals surface area (Å²) in [6, 6.07) is 10.1. The fraction of sp³-hybridized carbons (Fsp3) is 0.455. The second-order valence-electron chi connectivity index (χ2n) is 8.88. The number of likely N-dealkylation sites (N-methyl/N-ethyl adjacent to an activating group) is 1. The Bertz CT molecular complexity index is 1200. The topological polar surface area (TPSA) is 43.1 Å². The van der Waals surface area contributed by atoms with Crippen LogP contribution in [-0.4, -0.2) is 38.5 Å². The smallest absolute Gasteiger partial charge is 0.302 e. The molecule has 3 aromatic rings. The van der Waals surface area contributed by atoms with Gasteiger partial charge in [-0.3, -0.25) is 9.13 Å². The predicted octanol–water partition coefficient (Wildman–Crippen LogP) is 3.44. The van der Waals surface area contributed by atoms with Crippen molar-refractivity contribution in [1.29, 1.82) is 0 Å². The molecular weight excluding hydrogens is 374 g/mol. The molecule has 0 saturated heterocycles. The molecule has 1 aliphatic carbocycles. The monoisotopic (exact) mass is 398 g/mol. The molecule has 3 heterocycles. The van der Waals surface area contributed by atoms with Gasteiger partial charge in [-0.05, 0) is 42.8 Å². The van der Waals surface area contributed by atoms with Gasteiger partial charge < -0.3 is 4.90 Å². The van der Waals surface area contributed by atoms with E-state index >= 15 is 0 Å². The summed E-state index contributed by atoms with van der Waals surface area (Å²) in [5.41, 5.74) is 4.11. The number of aryl methyl sites for hydroxylation is 1. The van der Waals surface area contributed by atoms with Crippen molar-refractivity contribution in [2.24, 2.45) is 12.5 Å². The highest BCUT2D eigenvalue weighted by Gasteiger charge is 2.68. The van der Waals surface area contributed by atoms with Gasteiger partial charge in [0.2, 0.25) is 0 Å². The summed E-state index contributed by atoms with van der Waals surface area (Å²) in [5.74, 6) is -2.71.